The minimum atomic E-state index is -2.46. The summed E-state index contributed by atoms with van der Waals surface area (Å²) in [6, 6.07) is 4.57. The lowest BCUT2D eigenvalue weighted by molar-refractivity contribution is 0.151. The van der Waals surface area contributed by atoms with E-state index in [4.69, 9.17) is 12.2 Å². The fraction of sp³-hybridized carbons (Fsp3) is 0.308. The van der Waals surface area contributed by atoms with E-state index < -0.39 is 6.43 Å². The van der Waals surface area contributed by atoms with Gasteiger partial charge in [0, 0.05) is 12.1 Å². The van der Waals surface area contributed by atoms with E-state index in [-0.39, 0.29) is 5.56 Å². The van der Waals surface area contributed by atoms with Crippen LogP contribution in [0.1, 0.15) is 25.8 Å². The number of benzene rings is 1. The Labute approximate surface area is 109 Å². The Morgan fingerprint density at radius 1 is 1.44 bits per heavy atom. The summed E-state index contributed by atoms with van der Waals surface area (Å²) in [5, 5.41) is 0. The lowest BCUT2D eigenvalue weighted by Crippen LogP contribution is -1.95. The first kappa shape index (κ1) is 13.0. The fourth-order valence-electron chi connectivity index (χ4n) is 1.77. The summed E-state index contributed by atoms with van der Waals surface area (Å²) in [6.45, 7) is 4.66. The van der Waals surface area contributed by atoms with E-state index in [1.807, 2.05) is 24.5 Å². The van der Waals surface area contributed by atoms with Crippen molar-refractivity contribution in [3.05, 3.63) is 40.2 Å². The third kappa shape index (κ3) is 2.51. The summed E-state index contributed by atoms with van der Waals surface area (Å²) >= 11 is 5.20. The van der Waals surface area contributed by atoms with Crippen LogP contribution < -0.4 is 0 Å². The zero-order chi connectivity index (χ0) is 13.3. The van der Waals surface area contributed by atoms with Gasteiger partial charge in [-0.25, -0.2) is 8.78 Å². The molecule has 0 atom stereocenters. The highest BCUT2D eigenvalue weighted by Gasteiger charge is 2.10. The number of H-pyrrole nitrogens is 1. The maximum absolute atomic E-state index is 12.6. The van der Waals surface area contributed by atoms with Crippen LogP contribution in [0, 0.1) is 4.77 Å². The van der Waals surface area contributed by atoms with Gasteiger partial charge in [0.25, 0.3) is 6.43 Å². The standard InChI is InChI=1S/C13H14F2N2S/c1-8(2)5-6-17-11-4-3-9(12(14)15)7-10(11)16-13(17)18/h3-5,7,12H,6H2,1-2H3,(H,16,18). The molecule has 2 rings (SSSR count). The summed E-state index contributed by atoms with van der Waals surface area (Å²) in [7, 11) is 0. The number of hydrogen-bond acceptors (Lipinski definition) is 1. The first-order chi connectivity index (χ1) is 8.49. The lowest BCUT2D eigenvalue weighted by atomic mass is 10.2. The van der Waals surface area contributed by atoms with Crippen LogP contribution in [0.25, 0.3) is 11.0 Å². The zero-order valence-electron chi connectivity index (χ0n) is 10.2. The second kappa shape index (κ2) is 5.02. The number of imidazole rings is 1. The van der Waals surface area contributed by atoms with Gasteiger partial charge in [0.2, 0.25) is 0 Å². The van der Waals surface area contributed by atoms with Gasteiger partial charge in [-0.15, -0.1) is 0 Å². The van der Waals surface area contributed by atoms with Crippen LogP contribution in [0.4, 0.5) is 8.78 Å². The van der Waals surface area contributed by atoms with Crippen molar-refractivity contribution in [2.75, 3.05) is 0 Å². The first-order valence-electron chi connectivity index (χ1n) is 5.63. The zero-order valence-corrected chi connectivity index (χ0v) is 11.0. The number of fused-ring (bicyclic) bond motifs is 1. The third-order valence-corrected chi connectivity index (χ3v) is 3.05. The molecule has 2 nitrogen and oxygen atoms in total. The largest absolute Gasteiger partial charge is 0.331 e. The van der Waals surface area contributed by atoms with Gasteiger partial charge in [0.15, 0.2) is 4.77 Å². The Hall–Kier alpha value is -1.49. The van der Waals surface area contributed by atoms with Crippen LogP contribution in [-0.4, -0.2) is 9.55 Å². The average molecular weight is 268 g/mol. The Morgan fingerprint density at radius 2 is 2.17 bits per heavy atom. The molecule has 1 aromatic heterocycles. The van der Waals surface area contributed by atoms with Gasteiger partial charge in [-0.3, -0.25) is 0 Å². The van der Waals surface area contributed by atoms with E-state index in [9.17, 15) is 8.78 Å². The van der Waals surface area contributed by atoms with Crippen molar-refractivity contribution in [2.45, 2.75) is 26.8 Å². The van der Waals surface area contributed by atoms with Crippen LogP contribution in [-0.2, 0) is 6.54 Å². The molecule has 0 radical (unpaired) electrons. The minimum absolute atomic E-state index is 0.00751. The highest BCUT2D eigenvalue weighted by molar-refractivity contribution is 7.71. The Morgan fingerprint density at radius 3 is 2.78 bits per heavy atom. The van der Waals surface area contributed by atoms with Gasteiger partial charge < -0.3 is 9.55 Å². The number of alkyl halides is 2. The van der Waals surface area contributed by atoms with Crippen LogP contribution in [0.2, 0.25) is 0 Å². The lowest BCUT2D eigenvalue weighted by Gasteiger charge is -2.02. The summed E-state index contributed by atoms with van der Waals surface area (Å²) < 4.78 is 27.6. The molecule has 0 saturated carbocycles. The molecule has 1 N–H and O–H groups in total. The predicted octanol–water partition coefficient (Wildman–Crippen LogP) is 4.60. The van der Waals surface area contributed by atoms with E-state index in [0.29, 0.717) is 16.8 Å². The molecule has 0 aliphatic heterocycles. The Bertz CT molecular complexity index is 649. The van der Waals surface area contributed by atoms with E-state index >= 15 is 0 Å². The maximum atomic E-state index is 12.6. The number of allylic oxidation sites excluding steroid dienone is 2. The number of nitrogens with zero attached hydrogens (tertiary/aromatic N) is 1. The van der Waals surface area contributed by atoms with Crippen LogP contribution >= 0.6 is 12.2 Å². The van der Waals surface area contributed by atoms with E-state index in [1.54, 1.807) is 6.07 Å². The Kier molecular flexibility index (Phi) is 3.61. The summed E-state index contributed by atoms with van der Waals surface area (Å²) in [6.07, 6.45) is -0.415. The number of aromatic nitrogens is 2. The quantitative estimate of drug-likeness (QED) is 0.637. The second-order valence-electron chi connectivity index (χ2n) is 4.40. The van der Waals surface area contributed by atoms with Gasteiger partial charge in [0.1, 0.15) is 0 Å². The summed E-state index contributed by atoms with van der Waals surface area (Å²) in [5.74, 6) is 0. The molecule has 96 valence electrons. The van der Waals surface area contributed by atoms with Gasteiger partial charge in [-0.05, 0) is 38.2 Å². The van der Waals surface area contributed by atoms with Crippen LogP contribution in [0.15, 0.2) is 29.8 Å². The molecule has 0 unspecified atom stereocenters. The molecule has 0 aliphatic carbocycles. The molecule has 0 aliphatic rings. The fourth-order valence-corrected chi connectivity index (χ4v) is 2.05. The van der Waals surface area contributed by atoms with Crippen molar-refractivity contribution in [3.8, 4) is 0 Å². The van der Waals surface area contributed by atoms with Crippen LogP contribution in [0.3, 0.4) is 0 Å². The number of rotatable bonds is 3. The molecule has 1 aromatic carbocycles. The maximum Gasteiger partial charge on any atom is 0.263 e. The van der Waals surface area contributed by atoms with Crippen molar-refractivity contribution in [1.29, 1.82) is 0 Å². The average Bonchev–Trinajstić information content (AvgIpc) is 2.60. The smallest absolute Gasteiger partial charge is 0.263 e. The molecule has 0 amide bonds. The second-order valence-corrected chi connectivity index (χ2v) is 4.79. The molecule has 0 bridgehead atoms. The van der Waals surface area contributed by atoms with Crippen molar-refractivity contribution in [1.82, 2.24) is 9.55 Å². The first-order valence-corrected chi connectivity index (χ1v) is 6.04. The highest BCUT2D eigenvalue weighted by Crippen LogP contribution is 2.23. The predicted molar refractivity (Wildman–Crippen MR) is 71.5 cm³/mol. The van der Waals surface area contributed by atoms with Gasteiger partial charge >= 0.3 is 0 Å². The van der Waals surface area contributed by atoms with Crippen molar-refractivity contribution < 1.29 is 8.78 Å². The molecule has 0 spiro atoms. The number of aromatic amines is 1. The van der Waals surface area contributed by atoms with Crippen molar-refractivity contribution >= 4 is 23.3 Å². The number of halogens is 2. The monoisotopic (exact) mass is 268 g/mol. The van der Waals surface area contributed by atoms with Gasteiger partial charge in [-0.1, -0.05) is 17.7 Å². The van der Waals surface area contributed by atoms with Crippen molar-refractivity contribution in [2.24, 2.45) is 0 Å². The van der Waals surface area contributed by atoms with Gasteiger partial charge in [-0.2, -0.15) is 0 Å². The minimum Gasteiger partial charge on any atom is -0.331 e. The number of hydrogen-bond donors (Lipinski definition) is 1. The molecule has 2 aromatic rings. The third-order valence-electron chi connectivity index (χ3n) is 2.73. The summed E-state index contributed by atoms with van der Waals surface area (Å²) in [5.41, 5.74) is 2.70. The van der Waals surface area contributed by atoms with Crippen molar-refractivity contribution in [3.63, 3.8) is 0 Å². The van der Waals surface area contributed by atoms with Crippen LogP contribution in [0.5, 0.6) is 0 Å². The van der Waals surface area contributed by atoms with E-state index in [2.05, 4.69) is 4.98 Å². The SMILES string of the molecule is CC(C)=CCn1c(=S)[nH]c2cc(C(F)F)ccc21. The number of nitrogens with one attached hydrogen (secondary N) is 1. The Balaban J connectivity index is 2.52. The molecular weight excluding hydrogens is 254 g/mol. The molecule has 18 heavy (non-hydrogen) atoms. The van der Waals surface area contributed by atoms with E-state index in [0.717, 1.165) is 5.52 Å². The molecule has 1 heterocycles. The van der Waals surface area contributed by atoms with Gasteiger partial charge in [0.05, 0.1) is 11.0 Å². The molecule has 0 saturated heterocycles. The normalized spacial score (nSPS) is 11.2. The molecular formula is C13H14F2N2S. The molecule has 0 fully saturated rings. The topological polar surface area (TPSA) is 20.7 Å². The highest BCUT2D eigenvalue weighted by atomic mass is 32.1. The molecule has 5 heteroatoms. The van der Waals surface area contributed by atoms with E-state index in [1.165, 1.54) is 17.7 Å². The summed E-state index contributed by atoms with van der Waals surface area (Å²) in [4.78, 5) is 2.96.